The van der Waals surface area contributed by atoms with Crippen LogP contribution in [-0.4, -0.2) is 34.6 Å². The van der Waals surface area contributed by atoms with Crippen LogP contribution in [0.25, 0.3) is 11.3 Å². The summed E-state index contributed by atoms with van der Waals surface area (Å²) in [5.41, 5.74) is 1.45. The van der Waals surface area contributed by atoms with Crippen LogP contribution in [0.5, 0.6) is 11.5 Å². The fourth-order valence-electron chi connectivity index (χ4n) is 2.69. The Morgan fingerprint density at radius 3 is 3.00 bits per heavy atom. The number of benzene rings is 1. The van der Waals surface area contributed by atoms with Crippen molar-refractivity contribution in [2.75, 3.05) is 13.9 Å². The van der Waals surface area contributed by atoms with E-state index >= 15 is 0 Å². The van der Waals surface area contributed by atoms with Gasteiger partial charge in [0, 0.05) is 18.9 Å². The Morgan fingerprint density at radius 2 is 2.17 bits per heavy atom. The molecule has 0 aliphatic carbocycles. The van der Waals surface area contributed by atoms with E-state index in [0.29, 0.717) is 29.3 Å². The molecule has 0 saturated heterocycles. The lowest BCUT2D eigenvalue weighted by Crippen LogP contribution is -2.12. The summed E-state index contributed by atoms with van der Waals surface area (Å²) in [7, 11) is 1.29. The Balaban J connectivity index is 1.76. The van der Waals surface area contributed by atoms with Crippen LogP contribution in [0.15, 0.2) is 35.4 Å². The molecule has 0 amide bonds. The monoisotopic (exact) mass is 327 g/mol. The molecule has 0 spiro atoms. The predicted molar refractivity (Wildman–Crippen MR) is 82.5 cm³/mol. The minimum atomic E-state index is -0.550. The van der Waals surface area contributed by atoms with Crippen LogP contribution < -0.4 is 15.0 Å². The molecule has 3 aliphatic heterocycles. The number of aromatic amines is 1. The average molecular weight is 327 g/mol. The topological polar surface area (TPSA) is 95.4 Å². The lowest BCUT2D eigenvalue weighted by molar-refractivity contribution is 0.0600. The fraction of sp³-hybridized carbons (Fsp3) is 0.188. The van der Waals surface area contributed by atoms with E-state index in [-0.39, 0.29) is 17.9 Å². The number of ether oxygens (including phenoxy) is 3. The molecule has 0 aromatic heterocycles. The molecule has 0 radical (unpaired) electrons. The molecule has 0 saturated carbocycles. The van der Waals surface area contributed by atoms with E-state index in [1.807, 2.05) is 18.2 Å². The summed E-state index contributed by atoms with van der Waals surface area (Å²) in [5.74, 6) is 0.827. The van der Waals surface area contributed by atoms with E-state index in [2.05, 4.69) is 10.2 Å². The second kappa shape index (κ2) is 5.41. The van der Waals surface area contributed by atoms with Crippen LogP contribution in [0, 0.1) is 0 Å². The van der Waals surface area contributed by atoms with Crippen molar-refractivity contribution in [3.8, 4) is 22.8 Å². The van der Waals surface area contributed by atoms with Gasteiger partial charge in [0.1, 0.15) is 11.3 Å². The van der Waals surface area contributed by atoms with Gasteiger partial charge in [0.15, 0.2) is 11.5 Å². The van der Waals surface area contributed by atoms with Gasteiger partial charge in [-0.15, -0.1) is 0 Å². The molecule has 0 unspecified atom stereocenters. The fourth-order valence-corrected chi connectivity index (χ4v) is 2.69. The third kappa shape index (κ3) is 2.28. The summed E-state index contributed by atoms with van der Waals surface area (Å²) in [6.45, 7) is 0.653. The Labute approximate surface area is 135 Å². The summed E-state index contributed by atoms with van der Waals surface area (Å²) in [6.07, 6.45) is 3.26. The summed E-state index contributed by atoms with van der Waals surface area (Å²) < 4.78 is 17.2. The van der Waals surface area contributed by atoms with Crippen LogP contribution in [0.2, 0.25) is 0 Å². The molecule has 8 heteroatoms. The van der Waals surface area contributed by atoms with Gasteiger partial charge in [0.2, 0.25) is 6.79 Å². The molecule has 1 N–H and O–H groups in total. The smallest absolute Gasteiger partial charge is 0.341 e. The summed E-state index contributed by atoms with van der Waals surface area (Å²) in [6, 6.07) is 5.59. The van der Waals surface area contributed by atoms with Crippen LogP contribution in [0.1, 0.15) is 15.9 Å². The summed E-state index contributed by atoms with van der Waals surface area (Å²) in [4.78, 5) is 23.8. The van der Waals surface area contributed by atoms with Gasteiger partial charge >= 0.3 is 5.97 Å². The molecule has 0 bridgehead atoms. The second-order valence-electron chi connectivity index (χ2n) is 5.34. The Morgan fingerprint density at radius 1 is 1.33 bits per heavy atom. The van der Waals surface area contributed by atoms with Crippen LogP contribution in [-0.2, 0) is 11.3 Å². The Kier molecular flexibility index (Phi) is 3.23. The van der Waals surface area contributed by atoms with Crippen molar-refractivity contribution >= 4 is 5.97 Å². The first-order valence-electron chi connectivity index (χ1n) is 7.20. The van der Waals surface area contributed by atoms with E-state index in [4.69, 9.17) is 14.2 Å². The Hall–Kier alpha value is -3.29. The third-order valence-corrected chi connectivity index (χ3v) is 3.82. The Bertz CT molecular complexity index is 959. The van der Waals surface area contributed by atoms with Crippen LogP contribution >= 0.6 is 0 Å². The maximum atomic E-state index is 12.0. The van der Waals surface area contributed by atoms with Gasteiger partial charge in [-0.3, -0.25) is 4.79 Å². The highest BCUT2D eigenvalue weighted by Gasteiger charge is 2.22. The second-order valence-corrected chi connectivity index (χ2v) is 5.34. The van der Waals surface area contributed by atoms with E-state index in [0.717, 1.165) is 5.56 Å². The molecule has 1 aromatic carbocycles. The number of H-pyrrole nitrogens is 1. The van der Waals surface area contributed by atoms with Crippen molar-refractivity contribution in [3.63, 3.8) is 0 Å². The number of aromatic nitrogens is 3. The summed E-state index contributed by atoms with van der Waals surface area (Å²) >= 11 is 0. The van der Waals surface area contributed by atoms with Crippen molar-refractivity contribution in [1.29, 1.82) is 0 Å². The molecular weight excluding hydrogens is 314 g/mol. The number of carbonyl (C=O) groups excluding carboxylic acids is 1. The van der Waals surface area contributed by atoms with Gasteiger partial charge in [-0.1, -0.05) is 6.07 Å². The molecule has 3 heterocycles. The number of methoxy groups -OCH3 is 1. The minimum absolute atomic E-state index is 0.207. The first-order chi connectivity index (χ1) is 11.7. The van der Waals surface area contributed by atoms with Crippen molar-refractivity contribution in [1.82, 2.24) is 14.8 Å². The molecule has 4 rings (SSSR count). The van der Waals surface area contributed by atoms with Crippen molar-refractivity contribution < 1.29 is 19.0 Å². The largest absolute Gasteiger partial charge is 0.465 e. The number of nitrogens with zero attached hydrogens (tertiary/aromatic N) is 2. The molecule has 0 atom stereocenters. The number of esters is 1. The highest BCUT2D eigenvalue weighted by Crippen LogP contribution is 2.33. The van der Waals surface area contributed by atoms with Gasteiger partial charge < -0.3 is 18.8 Å². The number of carbonyl (C=O) groups is 1. The number of hydrogen-bond donors (Lipinski definition) is 1. The van der Waals surface area contributed by atoms with Crippen molar-refractivity contribution in [3.05, 3.63) is 52.1 Å². The minimum Gasteiger partial charge on any atom is -0.465 e. The van der Waals surface area contributed by atoms with Gasteiger partial charge in [0.25, 0.3) is 5.56 Å². The maximum Gasteiger partial charge on any atom is 0.341 e. The number of rotatable bonds is 3. The zero-order valence-corrected chi connectivity index (χ0v) is 12.7. The molecule has 0 fully saturated rings. The predicted octanol–water partition coefficient (Wildman–Crippen LogP) is 1.24. The molecular formula is C16H13N3O5. The van der Waals surface area contributed by atoms with E-state index in [1.54, 1.807) is 17.0 Å². The number of nitrogens with one attached hydrogen (secondary N) is 1. The van der Waals surface area contributed by atoms with Gasteiger partial charge in [0.05, 0.1) is 12.7 Å². The quantitative estimate of drug-likeness (QED) is 0.727. The number of pyridine rings is 1. The summed E-state index contributed by atoms with van der Waals surface area (Å²) in [5, 5.41) is 6.25. The van der Waals surface area contributed by atoms with Gasteiger partial charge in [-0.2, -0.15) is 5.10 Å². The highest BCUT2D eigenvalue weighted by atomic mass is 16.7. The molecule has 24 heavy (non-hydrogen) atoms. The maximum absolute atomic E-state index is 12.0. The number of hydrogen-bond acceptors (Lipinski definition) is 6. The van der Waals surface area contributed by atoms with Crippen LogP contribution in [0.3, 0.4) is 0 Å². The number of fused-ring (bicyclic) bond motifs is 2. The van der Waals surface area contributed by atoms with Crippen molar-refractivity contribution in [2.24, 2.45) is 0 Å². The third-order valence-electron chi connectivity index (χ3n) is 3.82. The normalized spacial score (nSPS) is 12.5. The first-order valence-corrected chi connectivity index (χ1v) is 7.20. The van der Waals surface area contributed by atoms with E-state index in [9.17, 15) is 9.59 Å². The SMILES string of the molecule is COC(=O)c1cn(Cc2ccc3c(c2)OCO3)cc2c(=O)[nH]nc1-2. The lowest BCUT2D eigenvalue weighted by atomic mass is 10.1. The molecule has 3 aliphatic rings. The lowest BCUT2D eigenvalue weighted by Gasteiger charge is -2.12. The standard InChI is InChI=1S/C16H13N3O5/c1-22-16(21)11-7-19(6-10-14(11)17-18-15(10)20)5-9-2-3-12-13(4-9)24-8-23-12/h2-4,6-7H,5,8H2,1H3,(H,18,20). The molecule has 1 aromatic rings. The zero-order chi connectivity index (χ0) is 16.7. The zero-order valence-electron chi connectivity index (χ0n) is 12.7. The van der Waals surface area contributed by atoms with Gasteiger partial charge in [-0.05, 0) is 17.7 Å². The highest BCUT2D eigenvalue weighted by molar-refractivity contribution is 5.95. The van der Waals surface area contributed by atoms with Crippen LogP contribution in [0.4, 0.5) is 0 Å². The average Bonchev–Trinajstić information content (AvgIpc) is 3.20. The molecule has 8 nitrogen and oxygen atoms in total. The van der Waals surface area contributed by atoms with Crippen molar-refractivity contribution in [2.45, 2.75) is 6.54 Å². The van der Waals surface area contributed by atoms with E-state index in [1.165, 1.54) is 7.11 Å². The van der Waals surface area contributed by atoms with E-state index < -0.39 is 5.97 Å². The molecule has 122 valence electrons. The first kappa shape index (κ1) is 14.3. The van der Waals surface area contributed by atoms with Gasteiger partial charge in [-0.25, -0.2) is 9.89 Å².